The Balaban J connectivity index is 1.57. The molecule has 25 heavy (non-hydrogen) atoms. The van der Waals surface area contributed by atoms with E-state index in [4.69, 9.17) is 9.84 Å². The number of unbranched alkanes of at least 4 members (excludes halogenated alkanes) is 5. The zero-order valence-corrected chi connectivity index (χ0v) is 14.9. The third-order valence-electron chi connectivity index (χ3n) is 4.87. The van der Waals surface area contributed by atoms with Crippen LogP contribution in [0.3, 0.4) is 0 Å². The van der Waals surface area contributed by atoms with E-state index in [1.54, 1.807) is 12.1 Å². The molecule has 132 valence electrons. The molecule has 3 rings (SSSR count). The molecule has 0 aliphatic heterocycles. The van der Waals surface area contributed by atoms with E-state index >= 15 is 0 Å². The summed E-state index contributed by atoms with van der Waals surface area (Å²) in [5.41, 5.74) is 4.99. The van der Waals surface area contributed by atoms with Crippen molar-refractivity contribution in [3.05, 3.63) is 53.1 Å². The first kappa shape index (κ1) is 17.5. The normalized spacial score (nSPS) is 11.9. The average molecular weight is 338 g/mol. The minimum Gasteiger partial charge on any atom is -0.494 e. The van der Waals surface area contributed by atoms with Crippen LogP contribution < -0.4 is 4.74 Å². The van der Waals surface area contributed by atoms with Crippen LogP contribution >= 0.6 is 0 Å². The fraction of sp³-hybridized carbons (Fsp3) is 0.409. The van der Waals surface area contributed by atoms with Crippen LogP contribution in [0.4, 0.5) is 0 Å². The van der Waals surface area contributed by atoms with Gasteiger partial charge in [-0.05, 0) is 59.4 Å². The second-order valence-electron chi connectivity index (χ2n) is 6.79. The lowest BCUT2D eigenvalue weighted by Crippen LogP contribution is -1.98. The number of hydrogen-bond acceptors (Lipinski definition) is 2. The number of benzene rings is 2. The summed E-state index contributed by atoms with van der Waals surface area (Å²) in [5.74, 6) is 0.0419. The summed E-state index contributed by atoms with van der Waals surface area (Å²) in [6, 6.07) is 11.6. The lowest BCUT2D eigenvalue weighted by molar-refractivity contribution is 0.0697. The van der Waals surface area contributed by atoms with Crippen molar-refractivity contribution < 1.29 is 14.6 Å². The van der Waals surface area contributed by atoms with E-state index in [0.29, 0.717) is 5.56 Å². The highest BCUT2D eigenvalue weighted by atomic mass is 16.5. The molecule has 0 saturated heterocycles. The van der Waals surface area contributed by atoms with Crippen molar-refractivity contribution in [3.63, 3.8) is 0 Å². The molecular formula is C22H26O3. The first-order valence-corrected chi connectivity index (χ1v) is 9.31. The van der Waals surface area contributed by atoms with E-state index in [-0.39, 0.29) is 0 Å². The maximum atomic E-state index is 11.1. The molecule has 2 aromatic carbocycles. The average Bonchev–Trinajstić information content (AvgIpc) is 2.97. The van der Waals surface area contributed by atoms with Crippen molar-refractivity contribution in [2.24, 2.45) is 0 Å². The largest absolute Gasteiger partial charge is 0.494 e. The van der Waals surface area contributed by atoms with Crippen molar-refractivity contribution in [2.45, 2.75) is 51.9 Å². The van der Waals surface area contributed by atoms with Gasteiger partial charge in [-0.3, -0.25) is 0 Å². The van der Waals surface area contributed by atoms with Crippen molar-refractivity contribution in [3.8, 4) is 16.9 Å². The predicted octanol–water partition coefficient (Wildman–Crippen LogP) is 5.70. The fourth-order valence-electron chi connectivity index (χ4n) is 3.48. The van der Waals surface area contributed by atoms with Gasteiger partial charge >= 0.3 is 5.97 Å². The Morgan fingerprint density at radius 1 is 0.960 bits per heavy atom. The highest BCUT2D eigenvalue weighted by Gasteiger charge is 2.20. The van der Waals surface area contributed by atoms with Gasteiger partial charge in [0, 0.05) is 0 Å². The van der Waals surface area contributed by atoms with Gasteiger partial charge in [0.05, 0.1) is 12.2 Å². The minimum absolute atomic E-state index is 0.353. The molecule has 0 heterocycles. The molecule has 0 spiro atoms. The Kier molecular flexibility index (Phi) is 5.75. The molecule has 0 saturated carbocycles. The van der Waals surface area contributed by atoms with Gasteiger partial charge in [-0.25, -0.2) is 4.79 Å². The topological polar surface area (TPSA) is 46.5 Å². The third-order valence-corrected chi connectivity index (χ3v) is 4.87. The van der Waals surface area contributed by atoms with Crippen molar-refractivity contribution >= 4 is 5.97 Å². The number of carboxylic acid groups (broad SMARTS) is 1. The highest BCUT2D eigenvalue weighted by Crippen LogP contribution is 2.38. The number of ether oxygens (including phenoxy) is 1. The standard InChI is InChI=1S/C22H26O3/c1-2-3-4-5-6-7-12-25-19-9-11-21-18(15-19)14-17-13-16(22(23)24)8-10-20(17)21/h8-11,13,15H,2-7,12,14H2,1H3,(H,23,24). The number of rotatable bonds is 9. The van der Waals surface area contributed by atoms with E-state index in [1.165, 1.54) is 43.2 Å². The maximum absolute atomic E-state index is 11.1. The Morgan fingerprint density at radius 2 is 1.64 bits per heavy atom. The minimum atomic E-state index is -0.873. The summed E-state index contributed by atoms with van der Waals surface area (Å²) in [7, 11) is 0. The molecule has 0 amide bonds. The molecule has 0 aromatic heterocycles. The van der Waals surface area contributed by atoms with E-state index in [2.05, 4.69) is 19.1 Å². The summed E-state index contributed by atoms with van der Waals surface area (Å²) in [4.78, 5) is 11.1. The molecule has 3 nitrogen and oxygen atoms in total. The first-order chi connectivity index (χ1) is 12.2. The van der Waals surface area contributed by atoms with Gasteiger partial charge in [-0.2, -0.15) is 0 Å². The molecule has 1 aliphatic rings. The van der Waals surface area contributed by atoms with Crippen molar-refractivity contribution in [1.29, 1.82) is 0 Å². The van der Waals surface area contributed by atoms with Crippen LogP contribution in [0.5, 0.6) is 5.75 Å². The molecular weight excluding hydrogens is 312 g/mol. The van der Waals surface area contributed by atoms with E-state index < -0.39 is 5.97 Å². The smallest absolute Gasteiger partial charge is 0.335 e. The monoisotopic (exact) mass is 338 g/mol. The van der Waals surface area contributed by atoms with E-state index in [0.717, 1.165) is 36.3 Å². The van der Waals surface area contributed by atoms with Crippen LogP contribution in [0.2, 0.25) is 0 Å². The molecule has 2 aromatic rings. The number of fused-ring (bicyclic) bond motifs is 3. The van der Waals surface area contributed by atoms with Gasteiger partial charge in [0.15, 0.2) is 0 Å². The Labute approximate surface area is 149 Å². The van der Waals surface area contributed by atoms with Crippen molar-refractivity contribution in [1.82, 2.24) is 0 Å². The molecule has 1 N–H and O–H groups in total. The Bertz CT molecular complexity index is 749. The molecule has 0 fully saturated rings. The second kappa shape index (κ2) is 8.19. The predicted molar refractivity (Wildman–Crippen MR) is 101 cm³/mol. The Morgan fingerprint density at radius 3 is 2.40 bits per heavy atom. The summed E-state index contributed by atoms with van der Waals surface area (Å²) in [6.07, 6.45) is 8.34. The van der Waals surface area contributed by atoms with E-state index in [1.807, 2.05) is 12.1 Å². The second-order valence-corrected chi connectivity index (χ2v) is 6.79. The van der Waals surface area contributed by atoms with Gasteiger partial charge in [0.25, 0.3) is 0 Å². The zero-order chi connectivity index (χ0) is 17.6. The van der Waals surface area contributed by atoms with Gasteiger partial charge < -0.3 is 9.84 Å². The number of aromatic carboxylic acids is 1. The zero-order valence-electron chi connectivity index (χ0n) is 14.9. The third kappa shape index (κ3) is 4.22. The summed E-state index contributed by atoms with van der Waals surface area (Å²) >= 11 is 0. The van der Waals surface area contributed by atoms with Gasteiger partial charge in [-0.15, -0.1) is 0 Å². The number of hydrogen-bond donors (Lipinski definition) is 1. The van der Waals surface area contributed by atoms with Gasteiger partial charge in [-0.1, -0.05) is 51.2 Å². The van der Waals surface area contributed by atoms with E-state index in [9.17, 15) is 4.79 Å². The lowest BCUT2D eigenvalue weighted by atomic mass is 10.0. The quantitative estimate of drug-likeness (QED) is 0.509. The molecule has 0 atom stereocenters. The van der Waals surface area contributed by atoms with Crippen LogP contribution in [-0.2, 0) is 6.42 Å². The maximum Gasteiger partial charge on any atom is 0.335 e. The first-order valence-electron chi connectivity index (χ1n) is 9.31. The van der Waals surface area contributed by atoms with Crippen LogP contribution in [0.15, 0.2) is 36.4 Å². The molecule has 0 bridgehead atoms. The fourth-order valence-corrected chi connectivity index (χ4v) is 3.48. The molecule has 1 aliphatic carbocycles. The summed E-state index contributed by atoms with van der Waals surface area (Å²) in [6.45, 7) is 3.00. The molecule has 0 radical (unpaired) electrons. The van der Waals surface area contributed by atoms with Crippen molar-refractivity contribution in [2.75, 3.05) is 6.61 Å². The van der Waals surface area contributed by atoms with Crippen LogP contribution in [-0.4, -0.2) is 17.7 Å². The van der Waals surface area contributed by atoms with Gasteiger partial charge in [0.2, 0.25) is 0 Å². The molecule has 0 unspecified atom stereocenters. The number of carboxylic acids is 1. The SMILES string of the molecule is CCCCCCCCOc1ccc2c(c1)Cc1cc(C(=O)O)ccc1-2. The van der Waals surface area contributed by atoms with Crippen LogP contribution in [0, 0.1) is 0 Å². The Hall–Kier alpha value is -2.29. The number of carbonyl (C=O) groups is 1. The van der Waals surface area contributed by atoms with Gasteiger partial charge in [0.1, 0.15) is 5.75 Å². The van der Waals surface area contributed by atoms with Crippen LogP contribution in [0.25, 0.3) is 11.1 Å². The summed E-state index contributed by atoms with van der Waals surface area (Å²) < 4.78 is 5.90. The van der Waals surface area contributed by atoms with Crippen LogP contribution in [0.1, 0.15) is 66.9 Å². The summed E-state index contributed by atoms with van der Waals surface area (Å²) in [5, 5.41) is 9.15. The lowest BCUT2D eigenvalue weighted by Gasteiger charge is -2.08. The molecule has 3 heteroatoms. The highest BCUT2D eigenvalue weighted by molar-refractivity contribution is 5.90.